The van der Waals surface area contributed by atoms with E-state index in [0.717, 1.165) is 6.08 Å². The predicted octanol–water partition coefficient (Wildman–Crippen LogP) is -1.07. The van der Waals surface area contributed by atoms with Crippen LogP contribution in [0.15, 0.2) is 12.3 Å². The molecular formula is C7H11NO4. The second-order valence-electron chi connectivity index (χ2n) is 2.55. The van der Waals surface area contributed by atoms with Crippen LogP contribution in [0.2, 0.25) is 0 Å². The molecule has 0 aromatic carbocycles. The molecule has 12 heavy (non-hydrogen) atoms. The van der Waals surface area contributed by atoms with Crippen molar-refractivity contribution >= 4 is 5.97 Å². The maximum atomic E-state index is 10.0. The zero-order valence-electron chi connectivity index (χ0n) is 6.43. The number of aliphatic hydroxyl groups excluding tert-OH is 1. The molecule has 0 aliphatic carbocycles. The molecule has 5 heteroatoms. The maximum absolute atomic E-state index is 10.0. The summed E-state index contributed by atoms with van der Waals surface area (Å²) in [6.45, 7) is 0.712. The minimum Gasteiger partial charge on any atom is -0.478 e. The molecule has 0 aromatic heterocycles. The van der Waals surface area contributed by atoms with Gasteiger partial charge in [0.1, 0.15) is 0 Å². The molecule has 1 saturated heterocycles. The van der Waals surface area contributed by atoms with Gasteiger partial charge in [0.25, 0.3) is 0 Å². The van der Waals surface area contributed by atoms with Crippen molar-refractivity contribution in [2.45, 2.75) is 12.1 Å². The number of aliphatic carboxylic acids is 1. The number of carboxylic acid groups (broad SMARTS) is 1. The number of ether oxygens (including phenoxy) is 1. The number of hydrogen-bond donors (Lipinski definition) is 3. The van der Waals surface area contributed by atoms with E-state index in [1.54, 1.807) is 0 Å². The third-order valence-electron chi connectivity index (χ3n) is 1.59. The van der Waals surface area contributed by atoms with Crippen LogP contribution in [-0.2, 0) is 9.53 Å². The van der Waals surface area contributed by atoms with Gasteiger partial charge in [-0.25, -0.2) is 4.79 Å². The smallest absolute Gasteiger partial charge is 0.329 e. The SMILES string of the molecule is O=C(O)/C=C/NC1COCC1O. The summed E-state index contributed by atoms with van der Waals surface area (Å²) in [6.07, 6.45) is 1.72. The molecule has 0 amide bonds. The Morgan fingerprint density at radius 3 is 2.83 bits per heavy atom. The van der Waals surface area contributed by atoms with Crippen LogP contribution in [0.1, 0.15) is 0 Å². The van der Waals surface area contributed by atoms with Gasteiger partial charge in [-0.1, -0.05) is 0 Å². The topological polar surface area (TPSA) is 78.8 Å². The average Bonchev–Trinajstić information content (AvgIpc) is 2.36. The minimum absolute atomic E-state index is 0.194. The van der Waals surface area contributed by atoms with E-state index in [-0.39, 0.29) is 6.04 Å². The second-order valence-corrected chi connectivity index (χ2v) is 2.55. The summed E-state index contributed by atoms with van der Waals surface area (Å²) in [4.78, 5) is 10.0. The summed E-state index contributed by atoms with van der Waals surface area (Å²) < 4.78 is 4.93. The number of rotatable bonds is 3. The molecule has 1 rings (SSSR count). The molecule has 1 heterocycles. The fourth-order valence-electron chi connectivity index (χ4n) is 0.945. The molecule has 1 fully saturated rings. The lowest BCUT2D eigenvalue weighted by Crippen LogP contribution is -2.35. The molecule has 2 unspecified atom stereocenters. The maximum Gasteiger partial charge on any atom is 0.329 e. The molecule has 3 N–H and O–H groups in total. The quantitative estimate of drug-likeness (QED) is 0.474. The Hall–Kier alpha value is -1.07. The molecule has 1 aliphatic heterocycles. The Balaban J connectivity index is 2.26. The molecule has 68 valence electrons. The highest BCUT2D eigenvalue weighted by atomic mass is 16.5. The van der Waals surface area contributed by atoms with Gasteiger partial charge in [0.15, 0.2) is 0 Å². The zero-order valence-corrected chi connectivity index (χ0v) is 6.43. The van der Waals surface area contributed by atoms with Gasteiger partial charge < -0.3 is 20.3 Å². The van der Waals surface area contributed by atoms with Crippen LogP contribution >= 0.6 is 0 Å². The van der Waals surface area contributed by atoms with Crippen molar-refractivity contribution in [1.29, 1.82) is 0 Å². The number of aliphatic hydroxyl groups is 1. The lowest BCUT2D eigenvalue weighted by atomic mass is 10.2. The van der Waals surface area contributed by atoms with E-state index >= 15 is 0 Å². The van der Waals surface area contributed by atoms with Gasteiger partial charge in [0.05, 0.1) is 25.4 Å². The summed E-state index contributed by atoms with van der Waals surface area (Å²) >= 11 is 0. The van der Waals surface area contributed by atoms with Crippen LogP contribution in [0, 0.1) is 0 Å². The Bertz CT molecular complexity index is 192. The van der Waals surface area contributed by atoms with Crippen molar-refractivity contribution in [3.05, 3.63) is 12.3 Å². The van der Waals surface area contributed by atoms with Crippen molar-refractivity contribution in [3.63, 3.8) is 0 Å². The fourth-order valence-corrected chi connectivity index (χ4v) is 0.945. The molecule has 2 atom stereocenters. The van der Waals surface area contributed by atoms with Gasteiger partial charge in [0, 0.05) is 12.3 Å². The summed E-state index contributed by atoms with van der Waals surface area (Å²) in [7, 11) is 0. The molecule has 0 saturated carbocycles. The van der Waals surface area contributed by atoms with Gasteiger partial charge >= 0.3 is 5.97 Å². The van der Waals surface area contributed by atoms with Gasteiger partial charge in [-0.15, -0.1) is 0 Å². The normalized spacial score (nSPS) is 29.4. The molecule has 0 spiro atoms. The van der Waals surface area contributed by atoms with Crippen LogP contribution in [0.5, 0.6) is 0 Å². The van der Waals surface area contributed by atoms with E-state index in [1.165, 1.54) is 6.20 Å². The first-order valence-corrected chi connectivity index (χ1v) is 3.61. The van der Waals surface area contributed by atoms with Gasteiger partial charge in [-0.3, -0.25) is 0 Å². The van der Waals surface area contributed by atoms with Crippen LogP contribution in [0.3, 0.4) is 0 Å². The number of carbonyl (C=O) groups is 1. The predicted molar refractivity (Wildman–Crippen MR) is 40.5 cm³/mol. The van der Waals surface area contributed by atoms with Crippen LogP contribution in [-0.4, -0.2) is 41.5 Å². The second kappa shape index (κ2) is 4.08. The molecule has 1 aliphatic rings. The Morgan fingerprint density at radius 2 is 2.33 bits per heavy atom. The summed E-state index contributed by atoms with van der Waals surface area (Å²) in [5.74, 6) is -1.02. The highest BCUT2D eigenvalue weighted by Gasteiger charge is 2.24. The van der Waals surface area contributed by atoms with Crippen LogP contribution < -0.4 is 5.32 Å². The number of carboxylic acids is 1. The first-order valence-electron chi connectivity index (χ1n) is 3.61. The van der Waals surface area contributed by atoms with Gasteiger partial charge in [-0.05, 0) is 0 Å². The number of hydrogen-bond acceptors (Lipinski definition) is 4. The van der Waals surface area contributed by atoms with Gasteiger partial charge in [-0.2, -0.15) is 0 Å². The van der Waals surface area contributed by atoms with E-state index in [2.05, 4.69) is 5.32 Å². The van der Waals surface area contributed by atoms with Crippen molar-refractivity contribution in [2.75, 3.05) is 13.2 Å². The van der Waals surface area contributed by atoms with Crippen LogP contribution in [0.4, 0.5) is 0 Å². The van der Waals surface area contributed by atoms with Gasteiger partial charge in [0.2, 0.25) is 0 Å². The van der Waals surface area contributed by atoms with Crippen LogP contribution in [0.25, 0.3) is 0 Å². The van der Waals surface area contributed by atoms with Crippen molar-refractivity contribution < 1.29 is 19.7 Å². The van der Waals surface area contributed by atoms with E-state index < -0.39 is 12.1 Å². The lowest BCUT2D eigenvalue weighted by Gasteiger charge is -2.11. The van der Waals surface area contributed by atoms with Crippen molar-refractivity contribution in [1.82, 2.24) is 5.32 Å². The summed E-state index contributed by atoms with van der Waals surface area (Å²) in [5, 5.41) is 20.1. The van der Waals surface area contributed by atoms with E-state index in [4.69, 9.17) is 9.84 Å². The fraction of sp³-hybridized carbons (Fsp3) is 0.571. The summed E-state index contributed by atoms with van der Waals surface area (Å²) in [6, 6.07) is -0.194. The Kier molecular flexibility index (Phi) is 3.07. The largest absolute Gasteiger partial charge is 0.478 e. The third kappa shape index (κ3) is 2.52. The average molecular weight is 173 g/mol. The highest BCUT2D eigenvalue weighted by molar-refractivity contribution is 5.79. The van der Waals surface area contributed by atoms with Crippen molar-refractivity contribution in [3.8, 4) is 0 Å². The zero-order chi connectivity index (χ0) is 8.97. The third-order valence-corrected chi connectivity index (χ3v) is 1.59. The molecule has 5 nitrogen and oxygen atoms in total. The molecule has 0 bridgehead atoms. The van der Waals surface area contributed by atoms with Crippen molar-refractivity contribution in [2.24, 2.45) is 0 Å². The van der Waals surface area contributed by atoms with E-state index in [0.29, 0.717) is 13.2 Å². The molecular weight excluding hydrogens is 162 g/mol. The Morgan fingerprint density at radius 1 is 1.58 bits per heavy atom. The highest BCUT2D eigenvalue weighted by Crippen LogP contribution is 2.04. The molecule has 0 radical (unpaired) electrons. The number of nitrogens with one attached hydrogen (secondary N) is 1. The first kappa shape index (κ1) is 9.02. The molecule has 0 aromatic rings. The summed E-state index contributed by atoms with van der Waals surface area (Å²) in [5.41, 5.74) is 0. The Labute approximate surface area is 69.6 Å². The monoisotopic (exact) mass is 173 g/mol. The standard InChI is InChI=1S/C7H11NO4/c9-6-4-12-3-5(6)8-2-1-7(10)11/h1-2,5-6,8-9H,3-4H2,(H,10,11)/b2-1+. The van der Waals surface area contributed by atoms with E-state index in [1.807, 2.05) is 0 Å². The first-order chi connectivity index (χ1) is 5.70. The van der Waals surface area contributed by atoms with E-state index in [9.17, 15) is 9.90 Å². The minimum atomic E-state index is -1.02. The lowest BCUT2D eigenvalue weighted by molar-refractivity contribution is -0.131.